The van der Waals surface area contributed by atoms with Crippen molar-refractivity contribution >= 4 is 27.7 Å². The van der Waals surface area contributed by atoms with Crippen LogP contribution in [0.5, 0.6) is 11.5 Å². The van der Waals surface area contributed by atoms with Gasteiger partial charge >= 0.3 is 0 Å². The third-order valence-corrected chi connectivity index (χ3v) is 5.72. The number of amides is 2. The number of methoxy groups -OCH3 is 2. The molecule has 6 nitrogen and oxygen atoms in total. The van der Waals surface area contributed by atoms with Gasteiger partial charge in [-0.2, -0.15) is 0 Å². The lowest BCUT2D eigenvalue weighted by Gasteiger charge is -2.29. The van der Waals surface area contributed by atoms with Gasteiger partial charge in [-0.25, -0.2) is 0 Å². The summed E-state index contributed by atoms with van der Waals surface area (Å²) in [4.78, 5) is 27.6. The molecule has 0 radical (unpaired) electrons. The average Bonchev–Trinajstić information content (AvgIpc) is 2.79. The zero-order valence-corrected chi connectivity index (χ0v) is 21.1. The van der Waals surface area contributed by atoms with Crippen LogP contribution in [0.2, 0.25) is 0 Å². The summed E-state index contributed by atoms with van der Waals surface area (Å²) in [7, 11) is 3.18. The first kappa shape index (κ1) is 25.7. The van der Waals surface area contributed by atoms with Crippen LogP contribution in [0.4, 0.5) is 0 Å². The molecular formula is C25H33BrN2O4. The lowest BCUT2D eigenvalue weighted by Crippen LogP contribution is -2.48. The number of aryl methyl sites for hydroxylation is 1. The van der Waals surface area contributed by atoms with Gasteiger partial charge in [-0.05, 0) is 54.7 Å². The van der Waals surface area contributed by atoms with E-state index in [1.165, 1.54) is 0 Å². The van der Waals surface area contributed by atoms with Crippen molar-refractivity contribution in [2.45, 2.75) is 46.2 Å². The van der Waals surface area contributed by atoms with Gasteiger partial charge in [-0.15, -0.1) is 0 Å². The van der Waals surface area contributed by atoms with Gasteiger partial charge in [-0.1, -0.05) is 48.0 Å². The first-order valence-electron chi connectivity index (χ1n) is 10.8. The number of hydrogen-bond acceptors (Lipinski definition) is 4. The van der Waals surface area contributed by atoms with Gasteiger partial charge < -0.3 is 19.7 Å². The molecule has 2 rings (SSSR count). The fraction of sp³-hybridized carbons (Fsp3) is 0.440. The Morgan fingerprint density at radius 1 is 0.969 bits per heavy atom. The van der Waals surface area contributed by atoms with E-state index in [0.717, 1.165) is 15.6 Å². The summed E-state index contributed by atoms with van der Waals surface area (Å²) >= 11 is 3.44. The van der Waals surface area contributed by atoms with Crippen molar-refractivity contribution in [1.82, 2.24) is 10.2 Å². The van der Waals surface area contributed by atoms with Crippen molar-refractivity contribution in [1.29, 1.82) is 0 Å². The van der Waals surface area contributed by atoms with E-state index in [1.807, 2.05) is 56.3 Å². The molecule has 32 heavy (non-hydrogen) atoms. The SMILES string of the molecule is COc1ccc(CCC(=O)N(Cc2ccc(Br)cc2)C(C)C(=O)NCC(C)C)cc1OC. The molecule has 0 saturated carbocycles. The Labute approximate surface area is 199 Å². The molecule has 0 aromatic heterocycles. The van der Waals surface area contributed by atoms with E-state index in [4.69, 9.17) is 9.47 Å². The molecule has 2 aromatic carbocycles. The maximum Gasteiger partial charge on any atom is 0.242 e. The van der Waals surface area contributed by atoms with E-state index in [2.05, 4.69) is 21.2 Å². The summed E-state index contributed by atoms with van der Waals surface area (Å²) < 4.78 is 11.6. The Kier molecular flexibility index (Phi) is 10.0. The number of benzene rings is 2. The second kappa shape index (κ2) is 12.5. The number of nitrogens with one attached hydrogen (secondary N) is 1. The zero-order valence-electron chi connectivity index (χ0n) is 19.5. The van der Waals surface area contributed by atoms with Gasteiger partial charge in [0.05, 0.1) is 14.2 Å². The summed E-state index contributed by atoms with van der Waals surface area (Å²) in [5, 5.41) is 2.94. The topological polar surface area (TPSA) is 67.9 Å². The minimum atomic E-state index is -0.574. The summed E-state index contributed by atoms with van der Waals surface area (Å²) in [5.74, 6) is 1.40. The third-order valence-electron chi connectivity index (χ3n) is 5.19. The van der Waals surface area contributed by atoms with E-state index in [0.29, 0.717) is 36.9 Å². The average molecular weight is 505 g/mol. The van der Waals surface area contributed by atoms with Crippen LogP contribution in [0.1, 0.15) is 38.3 Å². The quantitative estimate of drug-likeness (QED) is 0.485. The largest absolute Gasteiger partial charge is 0.493 e. The van der Waals surface area contributed by atoms with E-state index >= 15 is 0 Å². The Balaban J connectivity index is 2.15. The molecule has 7 heteroatoms. The first-order chi connectivity index (χ1) is 15.2. The number of hydrogen-bond donors (Lipinski definition) is 1. The molecule has 0 fully saturated rings. The van der Waals surface area contributed by atoms with E-state index in [1.54, 1.807) is 26.0 Å². The zero-order chi connectivity index (χ0) is 23.7. The predicted molar refractivity (Wildman–Crippen MR) is 130 cm³/mol. The van der Waals surface area contributed by atoms with E-state index in [-0.39, 0.29) is 18.2 Å². The van der Waals surface area contributed by atoms with Crippen LogP contribution in [-0.4, -0.2) is 43.5 Å². The van der Waals surface area contributed by atoms with Crippen molar-refractivity contribution < 1.29 is 19.1 Å². The Morgan fingerprint density at radius 2 is 1.59 bits per heavy atom. The minimum absolute atomic E-state index is 0.0742. The highest BCUT2D eigenvalue weighted by atomic mass is 79.9. The molecule has 0 spiro atoms. The normalized spacial score (nSPS) is 11.7. The highest BCUT2D eigenvalue weighted by molar-refractivity contribution is 9.10. The van der Waals surface area contributed by atoms with Gasteiger partial charge in [0, 0.05) is 24.0 Å². The number of ether oxygens (including phenoxy) is 2. The minimum Gasteiger partial charge on any atom is -0.493 e. The van der Waals surface area contributed by atoms with Gasteiger partial charge in [0.1, 0.15) is 6.04 Å². The van der Waals surface area contributed by atoms with Crippen LogP contribution < -0.4 is 14.8 Å². The molecule has 2 amide bonds. The predicted octanol–water partition coefficient (Wildman–Crippen LogP) is 4.59. The summed E-state index contributed by atoms with van der Waals surface area (Å²) in [5.41, 5.74) is 1.94. The Bertz CT molecular complexity index is 899. The molecule has 0 aliphatic heterocycles. The number of carbonyl (C=O) groups excluding carboxylic acids is 2. The molecule has 0 aliphatic carbocycles. The molecule has 0 heterocycles. The second-order valence-corrected chi connectivity index (χ2v) is 9.07. The van der Waals surface area contributed by atoms with Crippen LogP contribution in [0.25, 0.3) is 0 Å². The smallest absolute Gasteiger partial charge is 0.242 e. The highest BCUT2D eigenvalue weighted by Crippen LogP contribution is 2.28. The van der Waals surface area contributed by atoms with Crippen molar-refractivity contribution in [3.05, 3.63) is 58.1 Å². The highest BCUT2D eigenvalue weighted by Gasteiger charge is 2.26. The van der Waals surface area contributed by atoms with Crippen molar-refractivity contribution in [2.75, 3.05) is 20.8 Å². The Morgan fingerprint density at radius 3 is 2.19 bits per heavy atom. The van der Waals surface area contributed by atoms with Crippen LogP contribution in [-0.2, 0) is 22.6 Å². The van der Waals surface area contributed by atoms with E-state index < -0.39 is 6.04 Å². The van der Waals surface area contributed by atoms with Gasteiger partial charge in [0.15, 0.2) is 11.5 Å². The summed E-state index contributed by atoms with van der Waals surface area (Å²) in [6, 6.07) is 12.8. The van der Waals surface area contributed by atoms with E-state index in [9.17, 15) is 9.59 Å². The molecule has 2 aromatic rings. The monoisotopic (exact) mass is 504 g/mol. The second-order valence-electron chi connectivity index (χ2n) is 8.15. The number of carbonyl (C=O) groups is 2. The number of rotatable bonds is 11. The third kappa shape index (κ3) is 7.55. The van der Waals surface area contributed by atoms with Crippen LogP contribution in [0.15, 0.2) is 46.9 Å². The lowest BCUT2D eigenvalue weighted by molar-refractivity contribution is -0.140. The maximum atomic E-state index is 13.2. The van der Waals surface area contributed by atoms with Crippen LogP contribution >= 0.6 is 15.9 Å². The molecule has 1 N–H and O–H groups in total. The standard InChI is InChI=1S/C25H33BrN2O4/c1-17(2)15-27-25(30)18(3)28(16-20-6-10-21(26)11-7-20)24(29)13-9-19-8-12-22(31-4)23(14-19)32-5/h6-8,10-12,14,17-18H,9,13,15-16H2,1-5H3,(H,27,30). The fourth-order valence-corrected chi connectivity index (χ4v) is 3.52. The lowest BCUT2D eigenvalue weighted by atomic mass is 10.1. The maximum absolute atomic E-state index is 13.2. The van der Waals surface area contributed by atoms with Gasteiger partial charge in [0.2, 0.25) is 11.8 Å². The van der Waals surface area contributed by atoms with Crippen LogP contribution in [0, 0.1) is 5.92 Å². The molecule has 0 aliphatic rings. The fourth-order valence-electron chi connectivity index (χ4n) is 3.25. The first-order valence-corrected chi connectivity index (χ1v) is 11.6. The molecule has 0 bridgehead atoms. The molecular weight excluding hydrogens is 472 g/mol. The number of nitrogens with zero attached hydrogens (tertiary/aromatic N) is 1. The summed E-state index contributed by atoms with van der Waals surface area (Å²) in [6.45, 7) is 6.81. The Hall–Kier alpha value is -2.54. The molecule has 1 unspecified atom stereocenters. The van der Waals surface area contributed by atoms with Crippen molar-refractivity contribution in [2.24, 2.45) is 5.92 Å². The van der Waals surface area contributed by atoms with Crippen molar-refractivity contribution in [3.8, 4) is 11.5 Å². The van der Waals surface area contributed by atoms with Gasteiger partial charge in [-0.3, -0.25) is 9.59 Å². The molecule has 174 valence electrons. The number of halogens is 1. The molecule has 0 saturated heterocycles. The van der Waals surface area contributed by atoms with Gasteiger partial charge in [0.25, 0.3) is 0 Å². The molecule has 1 atom stereocenters. The summed E-state index contributed by atoms with van der Waals surface area (Å²) in [6.07, 6.45) is 0.824. The van der Waals surface area contributed by atoms with Crippen molar-refractivity contribution in [3.63, 3.8) is 0 Å². The van der Waals surface area contributed by atoms with Crippen LogP contribution in [0.3, 0.4) is 0 Å².